The van der Waals surface area contributed by atoms with Crippen LogP contribution in [0.25, 0.3) is 0 Å². The fraction of sp³-hybridized carbons (Fsp3) is 1.00. The molecule has 0 N–H and O–H groups in total. The maximum atomic E-state index is 11.5. The molecule has 4 heteroatoms. The predicted molar refractivity (Wildman–Crippen MR) is 68.2 cm³/mol. The lowest BCUT2D eigenvalue weighted by Gasteiger charge is -2.09. The molecule has 0 saturated heterocycles. The Kier molecular flexibility index (Phi) is 5.47. The Bertz CT molecular complexity index is 264. The molecule has 0 amide bonds. The van der Waals surface area contributed by atoms with Crippen LogP contribution in [-0.4, -0.2) is 30.9 Å². The molecule has 2 nitrogen and oxygen atoms in total. The highest BCUT2D eigenvalue weighted by molar-refractivity contribution is 8.00. The number of hydrogen-bond donors (Lipinski definition) is 0. The molecule has 0 radical (unpaired) electrons. The fourth-order valence-electron chi connectivity index (χ4n) is 1.84. The topological polar surface area (TPSA) is 34.1 Å². The van der Waals surface area contributed by atoms with Gasteiger partial charge in [-0.05, 0) is 38.4 Å². The van der Waals surface area contributed by atoms with Crippen LogP contribution in [0, 0.1) is 5.92 Å². The average molecular weight is 250 g/mol. The van der Waals surface area contributed by atoms with Crippen molar-refractivity contribution in [1.82, 2.24) is 0 Å². The second kappa shape index (κ2) is 6.14. The molecule has 0 unspecified atom stereocenters. The minimum atomic E-state index is -2.81. The molecule has 1 rings (SSSR count). The molecule has 1 fully saturated rings. The molecular weight excluding hydrogens is 228 g/mol. The van der Waals surface area contributed by atoms with Crippen LogP contribution in [0.2, 0.25) is 0 Å². The van der Waals surface area contributed by atoms with Crippen LogP contribution in [0.1, 0.15) is 39.5 Å². The van der Waals surface area contributed by atoms with Crippen molar-refractivity contribution in [1.29, 1.82) is 0 Å². The summed E-state index contributed by atoms with van der Waals surface area (Å²) in [5.74, 6) is 3.14. The van der Waals surface area contributed by atoms with Crippen LogP contribution in [0.3, 0.4) is 0 Å². The maximum Gasteiger partial charge on any atom is 0.153 e. The number of rotatable bonds is 6. The molecule has 15 heavy (non-hydrogen) atoms. The van der Waals surface area contributed by atoms with E-state index in [0.29, 0.717) is 5.75 Å². The van der Waals surface area contributed by atoms with Crippen molar-refractivity contribution in [2.45, 2.75) is 44.8 Å². The van der Waals surface area contributed by atoms with E-state index in [0.717, 1.165) is 17.4 Å². The summed E-state index contributed by atoms with van der Waals surface area (Å²) in [6.07, 6.45) is 5.44. The predicted octanol–water partition coefficient (Wildman–Crippen LogP) is 2.73. The lowest BCUT2D eigenvalue weighted by molar-refractivity contribution is 0.589. The average Bonchev–Trinajstić information content (AvgIpc) is 2.64. The summed E-state index contributed by atoms with van der Waals surface area (Å²) in [4.78, 5) is 0. The molecule has 0 aliphatic heterocycles. The van der Waals surface area contributed by atoms with Crippen molar-refractivity contribution < 1.29 is 8.42 Å². The third kappa shape index (κ3) is 4.77. The van der Waals surface area contributed by atoms with Crippen LogP contribution in [-0.2, 0) is 9.84 Å². The maximum absolute atomic E-state index is 11.5. The Balaban J connectivity index is 2.11. The minimum absolute atomic E-state index is 0.218. The first-order valence-electron chi connectivity index (χ1n) is 5.81. The smallest absolute Gasteiger partial charge is 0.153 e. The lowest BCUT2D eigenvalue weighted by Crippen LogP contribution is -2.19. The van der Waals surface area contributed by atoms with Gasteiger partial charge in [0.25, 0.3) is 0 Å². The molecular formula is C11H22O2S2. The highest BCUT2D eigenvalue weighted by Crippen LogP contribution is 2.27. The highest BCUT2D eigenvalue weighted by Gasteiger charge is 2.17. The van der Waals surface area contributed by atoms with E-state index in [1.165, 1.54) is 25.7 Å². The van der Waals surface area contributed by atoms with Gasteiger partial charge in [-0.15, -0.1) is 0 Å². The summed E-state index contributed by atoms with van der Waals surface area (Å²) >= 11 is 1.82. The van der Waals surface area contributed by atoms with E-state index in [1.807, 2.05) is 11.8 Å². The van der Waals surface area contributed by atoms with Crippen molar-refractivity contribution in [2.24, 2.45) is 5.92 Å². The van der Waals surface area contributed by atoms with Gasteiger partial charge in [-0.3, -0.25) is 0 Å². The van der Waals surface area contributed by atoms with Gasteiger partial charge in [-0.2, -0.15) is 11.8 Å². The minimum Gasteiger partial charge on any atom is -0.229 e. The van der Waals surface area contributed by atoms with Gasteiger partial charge >= 0.3 is 0 Å². The van der Waals surface area contributed by atoms with E-state index in [9.17, 15) is 8.42 Å². The molecule has 1 aliphatic rings. The van der Waals surface area contributed by atoms with Gasteiger partial charge in [0.1, 0.15) is 0 Å². The first kappa shape index (κ1) is 13.4. The molecule has 90 valence electrons. The third-order valence-corrected chi connectivity index (χ3v) is 6.73. The summed E-state index contributed by atoms with van der Waals surface area (Å²) in [5.41, 5.74) is 0. The third-order valence-electron chi connectivity index (χ3n) is 3.06. The second-order valence-corrected chi connectivity index (χ2v) is 8.47. The van der Waals surface area contributed by atoms with Gasteiger partial charge in [-0.1, -0.05) is 12.8 Å². The quantitative estimate of drug-likeness (QED) is 0.680. The summed E-state index contributed by atoms with van der Waals surface area (Å²) in [5, 5.41) is -0.218. The summed E-state index contributed by atoms with van der Waals surface area (Å²) in [7, 11) is -2.81. The normalized spacial score (nSPS) is 18.9. The molecule has 0 aromatic heterocycles. The van der Waals surface area contributed by atoms with E-state index in [-0.39, 0.29) is 5.25 Å². The van der Waals surface area contributed by atoms with E-state index in [4.69, 9.17) is 0 Å². The van der Waals surface area contributed by atoms with E-state index < -0.39 is 9.84 Å². The molecule has 0 aromatic rings. The SMILES string of the molecule is CC(C)S(=O)(=O)CCSCC1CCCC1. The number of hydrogen-bond acceptors (Lipinski definition) is 3. The second-order valence-electron chi connectivity index (χ2n) is 4.64. The highest BCUT2D eigenvalue weighted by atomic mass is 32.2. The first-order valence-corrected chi connectivity index (χ1v) is 8.68. The van der Waals surface area contributed by atoms with Crippen molar-refractivity contribution in [3.8, 4) is 0 Å². The van der Waals surface area contributed by atoms with Crippen LogP contribution >= 0.6 is 11.8 Å². The molecule has 1 aliphatic carbocycles. The zero-order valence-corrected chi connectivity index (χ0v) is 11.4. The zero-order valence-electron chi connectivity index (χ0n) is 9.74. The van der Waals surface area contributed by atoms with Crippen LogP contribution < -0.4 is 0 Å². The Labute approximate surface area is 98.1 Å². The number of sulfone groups is 1. The van der Waals surface area contributed by atoms with Crippen LogP contribution in [0.15, 0.2) is 0 Å². The monoisotopic (exact) mass is 250 g/mol. The van der Waals surface area contributed by atoms with E-state index >= 15 is 0 Å². The lowest BCUT2D eigenvalue weighted by atomic mass is 10.1. The largest absolute Gasteiger partial charge is 0.229 e. The summed E-state index contributed by atoms with van der Waals surface area (Å²) in [6.45, 7) is 3.52. The molecule has 0 atom stereocenters. The summed E-state index contributed by atoms with van der Waals surface area (Å²) < 4.78 is 23.0. The molecule has 0 bridgehead atoms. The molecule has 0 aromatic carbocycles. The van der Waals surface area contributed by atoms with Gasteiger partial charge in [-0.25, -0.2) is 8.42 Å². The first-order chi connectivity index (χ1) is 7.02. The summed E-state index contributed by atoms with van der Waals surface area (Å²) in [6, 6.07) is 0. The Morgan fingerprint density at radius 3 is 2.40 bits per heavy atom. The van der Waals surface area contributed by atoms with Crippen molar-refractivity contribution in [2.75, 3.05) is 17.3 Å². The molecule has 0 spiro atoms. The van der Waals surface area contributed by atoms with E-state index in [2.05, 4.69) is 0 Å². The standard InChI is InChI=1S/C11H22O2S2/c1-10(2)15(12,13)8-7-14-9-11-5-3-4-6-11/h10-11H,3-9H2,1-2H3. The van der Waals surface area contributed by atoms with Gasteiger partial charge in [0.05, 0.1) is 11.0 Å². The number of thioether (sulfide) groups is 1. The molecule has 0 heterocycles. The van der Waals surface area contributed by atoms with Gasteiger partial charge < -0.3 is 0 Å². The van der Waals surface area contributed by atoms with Crippen LogP contribution in [0.5, 0.6) is 0 Å². The van der Waals surface area contributed by atoms with Gasteiger partial charge in [0.2, 0.25) is 0 Å². The molecule has 1 saturated carbocycles. The Morgan fingerprint density at radius 2 is 1.87 bits per heavy atom. The van der Waals surface area contributed by atoms with Gasteiger partial charge in [0.15, 0.2) is 9.84 Å². The zero-order chi connectivity index (χ0) is 11.3. The van der Waals surface area contributed by atoms with E-state index in [1.54, 1.807) is 13.8 Å². The van der Waals surface area contributed by atoms with Crippen molar-refractivity contribution >= 4 is 21.6 Å². The van der Waals surface area contributed by atoms with Crippen molar-refractivity contribution in [3.63, 3.8) is 0 Å². The fourth-order valence-corrected chi connectivity index (χ4v) is 4.54. The van der Waals surface area contributed by atoms with Crippen molar-refractivity contribution in [3.05, 3.63) is 0 Å². The van der Waals surface area contributed by atoms with Crippen LogP contribution in [0.4, 0.5) is 0 Å². The Morgan fingerprint density at radius 1 is 1.27 bits per heavy atom. The van der Waals surface area contributed by atoms with Gasteiger partial charge in [0, 0.05) is 5.75 Å². The Hall–Kier alpha value is 0.300.